The number of nitrogens with zero attached hydrogens (tertiary/aromatic N) is 1. The summed E-state index contributed by atoms with van der Waals surface area (Å²) in [6.45, 7) is 1.91. The van der Waals surface area contributed by atoms with Crippen LogP contribution in [0.3, 0.4) is 0 Å². The molecule has 3 heterocycles. The topological polar surface area (TPSA) is 67.9 Å². The zero-order valence-corrected chi connectivity index (χ0v) is 13.4. The lowest BCUT2D eigenvalue weighted by Crippen LogP contribution is -2.51. The molecule has 2 aliphatic rings. The lowest BCUT2D eigenvalue weighted by molar-refractivity contribution is -0.139. The molecule has 2 amide bonds. The third kappa shape index (κ3) is 2.83. The van der Waals surface area contributed by atoms with E-state index in [2.05, 4.69) is 21.5 Å². The Hall–Kier alpha value is -1.60. The van der Waals surface area contributed by atoms with E-state index < -0.39 is 5.97 Å². The average molecular weight is 324 g/mol. The zero-order valence-electron chi connectivity index (χ0n) is 12.6. The maximum absolute atomic E-state index is 12.1. The molecule has 1 N–H and O–H groups in total. The Morgan fingerprint density at radius 3 is 2.95 bits per heavy atom. The van der Waals surface area contributed by atoms with E-state index in [1.807, 2.05) is 0 Å². The molecule has 0 bridgehead atoms. The first-order chi connectivity index (χ1) is 10.6. The van der Waals surface area contributed by atoms with Gasteiger partial charge in [0.25, 0.3) is 0 Å². The van der Waals surface area contributed by atoms with Crippen LogP contribution >= 0.6 is 11.3 Å². The number of hydrogen-bond donors (Lipinski definition) is 1. The summed E-state index contributed by atoms with van der Waals surface area (Å²) in [5, 5.41) is 4.70. The van der Waals surface area contributed by atoms with Gasteiger partial charge in [-0.2, -0.15) is 0 Å². The number of methoxy groups -OCH3 is 1. The van der Waals surface area contributed by atoms with Crippen molar-refractivity contribution < 1.29 is 19.1 Å². The number of esters is 1. The summed E-state index contributed by atoms with van der Waals surface area (Å²) in [5.41, 5.74) is 1.07. The molecular formula is C15H20N2O4S. The molecule has 1 aromatic heterocycles. The maximum Gasteiger partial charge on any atom is 0.325 e. The summed E-state index contributed by atoms with van der Waals surface area (Å²) >= 11 is 1.79. The number of hydrogen-bond acceptors (Lipinski definition) is 5. The molecule has 0 atom stereocenters. The monoisotopic (exact) mass is 324 g/mol. The number of thiophene rings is 1. The smallest absolute Gasteiger partial charge is 0.325 e. The van der Waals surface area contributed by atoms with Gasteiger partial charge in [0.05, 0.1) is 19.3 Å². The normalized spacial score (nSPS) is 19.6. The van der Waals surface area contributed by atoms with Gasteiger partial charge in [0.1, 0.15) is 6.54 Å². The van der Waals surface area contributed by atoms with Crippen LogP contribution < -0.4 is 5.32 Å². The number of urea groups is 1. The molecule has 1 saturated heterocycles. The molecule has 0 radical (unpaired) electrons. The van der Waals surface area contributed by atoms with Crippen molar-refractivity contribution in [2.75, 3.05) is 33.4 Å². The van der Waals surface area contributed by atoms with Gasteiger partial charge in [0.15, 0.2) is 0 Å². The van der Waals surface area contributed by atoms with E-state index in [1.165, 1.54) is 17.6 Å². The molecule has 3 rings (SSSR count). The van der Waals surface area contributed by atoms with Gasteiger partial charge in [-0.1, -0.05) is 0 Å². The minimum Gasteiger partial charge on any atom is -0.468 e. The number of nitrogens with one attached hydrogen (secondary N) is 1. The van der Waals surface area contributed by atoms with Gasteiger partial charge >= 0.3 is 12.0 Å². The van der Waals surface area contributed by atoms with E-state index in [4.69, 9.17) is 4.74 Å². The van der Waals surface area contributed by atoms with Gasteiger partial charge in [0.2, 0.25) is 0 Å². The minimum atomic E-state index is -0.444. The maximum atomic E-state index is 12.1. The first kappa shape index (κ1) is 15.3. The molecule has 120 valence electrons. The summed E-state index contributed by atoms with van der Waals surface area (Å²) in [6, 6.07) is 1.94. The van der Waals surface area contributed by atoms with Crippen molar-refractivity contribution in [2.45, 2.75) is 24.9 Å². The van der Waals surface area contributed by atoms with Crippen LogP contribution in [0.15, 0.2) is 11.4 Å². The number of carbonyl (C=O) groups excluding carboxylic acids is 2. The number of carbonyl (C=O) groups is 2. The second-order valence-electron chi connectivity index (χ2n) is 5.57. The summed E-state index contributed by atoms with van der Waals surface area (Å²) in [4.78, 5) is 26.3. The van der Waals surface area contributed by atoms with Crippen LogP contribution in [0, 0.1) is 0 Å². The van der Waals surface area contributed by atoms with Crippen molar-refractivity contribution in [1.29, 1.82) is 0 Å². The van der Waals surface area contributed by atoms with Crippen LogP contribution in [0.1, 0.15) is 23.3 Å². The van der Waals surface area contributed by atoms with Gasteiger partial charge in [-0.05, 0) is 29.9 Å². The zero-order chi connectivity index (χ0) is 15.6. The Labute approximate surface area is 133 Å². The van der Waals surface area contributed by atoms with Crippen molar-refractivity contribution >= 4 is 23.3 Å². The van der Waals surface area contributed by atoms with Crippen LogP contribution in [0.4, 0.5) is 4.79 Å². The Kier molecular flexibility index (Phi) is 4.35. The molecule has 0 saturated carbocycles. The third-order valence-electron chi connectivity index (χ3n) is 4.41. The van der Waals surface area contributed by atoms with E-state index >= 15 is 0 Å². The highest BCUT2D eigenvalue weighted by Gasteiger charge is 2.42. The Bertz CT molecular complexity index is 564. The first-order valence-corrected chi connectivity index (χ1v) is 8.33. The molecule has 2 aliphatic heterocycles. The highest BCUT2D eigenvalue weighted by molar-refractivity contribution is 7.10. The molecule has 22 heavy (non-hydrogen) atoms. The minimum absolute atomic E-state index is 0.0951. The highest BCUT2D eigenvalue weighted by Crippen LogP contribution is 2.43. The van der Waals surface area contributed by atoms with Crippen LogP contribution in [0.5, 0.6) is 0 Å². The van der Waals surface area contributed by atoms with Crippen LogP contribution in [0.25, 0.3) is 0 Å². The van der Waals surface area contributed by atoms with Gasteiger partial charge in [-0.3, -0.25) is 4.79 Å². The molecule has 7 heteroatoms. The van der Waals surface area contributed by atoms with Gasteiger partial charge in [-0.25, -0.2) is 4.79 Å². The van der Waals surface area contributed by atoms with E-state index in [-0.39, 0.29) is 18.2 Å². The predicted octanol–water partition coefficient (Wildman–Crippen LogP) is 1.49. The van der Waals surface area contributed by atoms with Crippen LogP contribution in [-0.4, -0.2) is 50.3 Å². The standard InChI is InChI=1S/C15H20N2O4S/c1-20-13(18)10-16-14(19)17-6-4-15(5-7-17)11-3-9-22-12(11)2-8-21-15/h3,9H,2,4-8,10H2,1H3,(H,16,19). The second kappa shape index (κ2) is 6.26. The number of ether oxygens (including phenoxy) is 2. The molecule has 1 aromatic rings. The number of piperidine rings is 1. The lowest BCUT2D eigenvalue weighted by atomic mass is 9.82. The molecule has 6 nitrogen and oxygen atoms in total. The fraction of sp³-hybridized carbons (Fsp3) is 0.600. The summed E-state index contributed by atoms with van der Waals surface area (Å²) in [7, 11) is 1.30. The molecule has 0 unspecified atom stereocenters. The van der Waals surface area contributed by atoms with Crippen molar-refractivity contribution in [2.24, 2.45) is 0 Å². The van der Waals surface area contributed by atoms with Crippen molar-refractivity contribution in [3.8, 4) is 0 Å². The number of likely N-dealkylation sites (tertiary alicyclic amines) is 1. The summed E-state index contributed by atoms with van der Waals surface area (Å²) in [6.07, 6.45) is 2.57. The van der Waals surface area contributed by atoms with Gasteiger partial charge < -0.3 is 19.7 Å². The Morgan fingerprint density at radius 2 is 2.23 bits per heavy atom. The quantitative estimate of drug-likeness (QED) is 0.837. The number of rotatable bonds is 2. The lowest BCUT2D eigenvalue weighted by Gasteiger charge is -2.43. The molecular weight excluding hydrogens is 304 g/mol. The fourth-order valence-electron chi connectivity index (χ4n) is 3.17. The van der Waals surface area contributed by atoms with E-state index in [0.29, 0.717) is 13.1 Å². The van der Waals surface area contributed by atoms with E-state index in [0.717, 1.165) is 25.9 Å². The predicted molar refractivity (Wildman–Crippen MR) is 81.9 cm³/mol. The molecule has 0 aromatic carbocycles. The number of fused-ring (bicyclic) bond motifs is 2. The SMILES string of the molecule is COC(=O)CNC(=O)N1CCC2(CC1)OCCc1sccc12. The van der Waals surface area contributed by atoms with Crippen molar-refractivity contribution in [3.05, 3.63) is 21.9 Å². The average Bonchev–Trinajstić information content (AvgIpc) is 3.03. The fourth-order valence-corrected chi connectivity index (χ4v) is 4.12. The van der Waals surface area contributed by atoms with Crippen molar-refractivity contribution in [1.82, 2.24) is 10.2 Å². The second-order valence-corrected chi connectivity index (χ2v) is 6.57. The summed E-state index contributed by atoms with van der Waals surface area (Å²) < 4.78 is 10.6. The molecule has 1 fully saturated rings. The van der Waals surface area contributed by atoms with Gasteiger partial charge in [-0.15, -0.1) is 11.3 Å². The first-order valence-electron chi connectivity index (χ1n) is 7.45. The highest BCUT2D eigenvalue weighted by atomic mass is 32.1. The molecule has 0 aliphatic carbocycles. The van der Waals surface area contributed by atoms with Crippen LogP contribution in [-0.2, 0) is 26.3 Å². The van der Waals surface area contributed by atoms with E-state index in [1.54, 1.807) is 16.2 Å². The van der Waals surface area contributed by atoms with Crippen LogP contribution in [0.2, 0.25) is 0 Å². The number of amides is 2. The Balaban J connectivity index is 1.59. The van der Waals surface area contributed by atoms with Crippen molar-refractivity contribution in [3.63, 3.8) is 0 Å². The van der Waals surface area contributed by atoms with E-state index in [9.17, 15) is 9.59 Å². The summed E-state index contributed by atoms with van der Waals surface area (Å²) in [5.74, 6) is -0.444. The Morgan fingerprint density at radius 1 is 1.45 bits per heavy atom. The van der Waals surface area contributed by atoms with Gasteiger partial charge in [0, 0.05) is 24.4 Å². The third-order valence-corrected chi connectivity index (χ3v) is 5.39. The molecule has 1 spiro atoms. The largest absolute Gasteiger partial charge is 0.468 e.